The van der Waals surface area contributed by atoms with E-state index < -0.39 is 18.7 Å². The van der Waals surface area contributed by atoms with Gasteiger partial charge in [-0.25, -0.2) is 4.79 Å². The first-order chi connectivity index (χ1) is 9.76. The highest BCUT2D eigenvalue weighted by Crippen LogP contribution is 2.37. The van der Waals surface area contributed by atoms with E-state index in [2.05, 4.69) is 0 Å². The van der Waals surface area contributed by atoms with Crippen molar-refractivity contribution in [2.45, 2.75) is 25.1 Å². The van der Waals surface area contributed by atoms with Gasteiger partial charge in [0.15, 0.2) is 0 Å². The zero-order valence-electron chi connectivity index (χ0n) is 10.9. The van der Waals surface area contributed by atoms with E-state index in [1.165, 1.54) is 29.2 Å². The molecule has 1 aromatic rings. The first-order valence-electron chi connectivity index (χ1n) is 6.30. The van der Waals surface area contributed by atoms with Crippen LogP contribution in [0, 0.1) is 0 Å². The average molecular weight is 320 g/mol. The summed E-state index contributed by atoms with van der Waals surface area (Å²) < 4.78 is 38.2. The number of carboxylic acid groups (broad SMARTS) is 1. The van der Waals surface area contributed by atoms with Crippen molar-refractivity contribution in [2.24, 2.45) is 0 Å². The maximum Gasteiger partial charge on any atom is 0.405 e. The third-order valence-electron chi connectivity index (χ3n) is 3.04. The van der Waals surface area contributed by atoms with Crippen molar-refractivity contribution in [1.29, 1.82) is 0 Å². The molecule has 2 rings (SSSR count). The van der Waals surface area contributed by atoms with Gasteiger partial charge < -0.3 is 10.0 Å². The first kappa shape index (κ1) is 15.7. The second-order valence-corrected chi connectivity index (χ2v) is 5.29. The Morgan fingerprint density at radius 3 is 2.62 bits per heavy atom. The SMILES string of the molecule is O=C(O)/C=C/c1cc(Cl)ccc1N(CC(F)(F)F)C1CC1. The summed E-state index contributed by atoms with van der Waals surface area (Å²) in [5, 5.41) is 9.01. The second-order valence-electron chi connectivity index (χ2n) is 4.85. The Labute approximate surface area is 124 Å². The maximum absolute atomic E-state index is 12.7. The van der Waals surface area contributed by atoms with Crippen LogP contribution in [0.2, 0.25) is 5.02 Å². The lowest BCUT2D eigenvalue weighted by atomic mass is 10.1. The van der Waals surface area contributed by atoms with Crippen LogP contribution in [0.25, 0.3) is 6.08 Å². The molecule has 0 radical (unpaired) electrons. The van der Waals surface area contributed by atoms with Crippen molar-refractivity contribution in [3.05, 3.63) is 34.9 Å². The van der Waals surface area contributed by atoms with E-state index in [1.807, 2.05) is 0 Å². The average Bonchev–Trinajstić information content (AvgIpc) is 3.17. The van der Waals surface area contributed by atoms with E-state index in [9.17, 15) is 18.0 Å². The molecule has 0 atom stereocenters. The predicted octanol–water partition coefficient (Wildman–Crippen LogP) is 3.97. The number of carboxylic acids is 1. The normalized spacial score (nSPS) is 15.4. The van der Waals surface area contributed by atoms with Gasteiger partial charge in [0.25, 0.3) is 0 Å². The second kappa shape index (κ2) is 5.97. The van der Waals surface area contributed by atoms with Gasteiger partial charge in [-0.15, -0.1) is 0 Å². The molecule has 0 bridgehead atoms. The monoisotopic (exact) mass is 319 g/mol. The summed E-state index contributed by atoms with van der Waals surface area (Å²) in [5.41, 5.74) is 0.706. The Morgan fingerprint density at radius 1 is 1.43 bits per heavy atom. The van der Waals surface area contributed by atoms with E-state index in [1.54, 1.807) is 0 Å². The van der Waals surface area contributed by atoms with Gasteiger partial charge in [0.1, 0.15) is 6.54 Å². The Hall–Kier alpha value is -1.69. The summed E-state index contributed by atoms with van der Waals surface area (Å²) in [6, 6.07) is 4.29. The lowest BCUT2D eigenvalue weighted by Crippen LogP contribution is -2.36. The van der Waals surface area contributed by atoms with E-state index in [0.29, 0.717) is 29.1 Å². The molecular weight excluding hydrogens is 307 g/mol. The molecule has 114 valence electrons. The van der Waals surface area contributed by atoms with E-state index in [0.717, 1.165) is 6.08 Å². The van der Waals surface area contributed by atoms with Crippen molar-refractivity contribution in [2.75, 3.05) is 11.4 Å². The molecular formula is C14H13ClF3NO2. The largest absolute Gasteiger partial charge is 0.478 e. The van der Waals surface area contributed by atoms with Crippen LogP contribution < -0.4 is 4.90 Å². The fraction of sp³-hybridized carbons (Fsp3) is 0.357. The van der Waals surface area contributed by atoms with Gasteiger partial charge in [-0.05, 0) is 42.7 Å². The molecule has 0 spiro atoms. The van der Waals surface area contributed by atoms with Gasteiger partial charge in [0, 0.05) is 22.8 Å². The van der Waals surface area contributed by atoms with Crippen LogP contribution in [0.5, 0.6) is 0 Å². The zero-order chi connectivity index (χ0) is 15.6. The molecule has 0 saturated heterocycles. The molecule has 1 aliphatic carbocycles. The van der Waals surface area contributed by atoms with Crippen LogP contribution in [-0.2, 0) is 4.79 Å². The highest BCUT2D eigenvalue weighted by Gasteiger charge is 2.38. The Balaban J connectivity index is 2.37. The van der Waals surface area contributed by atoms with Gasteiger partial charge in [-0.3, -0.25) is 0 Å². The summed E-state index contributed by atoms with van der Waals surface area (Å²) >= 11 is 5.84. The van der Waals surface area contributed by atoms with Crippen LogP contribution in [0.4, 0.5) is 18.9 Å². The van der Waals surface area contributed by atoms with Crippen molar-refractivity contribution in [3.63, 3.8) is 0 Å². The molecule has 21 heavy (non-hydrogen) atoms. The molecule has 0 heterocycles. The maximum atomic E-state index is 12.7. The highest BCUT2D eigenvalue weighted by atomic mass is 35.5. The summed E-state index contributed by atoms with van der Waals surface area (Å²) in [6.07, 6.45) is -0.791. The number of aliphatic carboxylic acids is 1. The number of alkyl halides is 3. The smallest absolute Gasteiger partial charge is 0.405 e. The topological polar surface area (TPSA) is 40.5 Å². The minimum absolute atomic E-state index is 0.162. The molecule has 0 unspecified atom stereocenters. The fourth-order valence-electron chi connectivity index (χ4n) is 2.07. The molecule has 0 aromatic heterocycles. The number of halogens is 4. The number of carbonyl (C=O) groups is 1. The molecule has 1 saturated carbocycles. The Morgan fingerprint density at radius 2 is 2.10 bits per heavy atom. The summed E-state index contributed by atoms with van der Waals surface area (Å²) in [6.45, 7) is -1.06. The number of hydrogen-bond donors (Lipinski definition) is 1. The van der Waals surface area contributed by atoms with E-state index in [-0.39, 0.29) is 6.04 Å². The molecule has 1 aliphatic rings. The summed E-state index contributed by atoms with van der Waals surface area (Å²) in [4.78, 5) is 11.9. The van der Waals surface area contributed by atoms with Crippen LogP contribution in [0.1, 0.15) is 18.4 Å². The van der Waals surface area contributed by atoms with Gasteiger partial charge in [-0.1, -0.05) is 11.6 Å². The van der Waals surface area contributed by atoms with Crippen LogP contribution in [0.15, 0.2) is 24.3 Å². The standard InChI is InChI=1S/C14H13ClF3NO2/c15-10-2-5-12(9(7-10)1-6-13(20)21)19(11-3-4-11)8-14(16,17)18/h1-2,5-7,11H,3-4,8H2,(H,20,21)/b6-1+. The number of hydrogen-bond acceptors (Lipinski definition) is 2. The third kappa shape index (κ3) is 4.67. The first-order valence-corrected chi connectivity index (χ1v) is 6.68. The lowest BCUT2D eigenvalue weighted by molar-refractivity contribution is -0.131. The Kier molecular flexibility index (Phi) is 4.46. The van der Waals surface area contributed by atoms with Gasteiger partial charge in [-0.2, -0.15) is 13.2 Å². The minimum atomic E-state index is -4.32. The molecule has 7 heteroatoms. The number of benzene rings is 1. The molecule has 1 N–H and O–H groups in total. The summed E-state index contributed by atoms with van der Waals surface area (Å²) in [5.74, 6) is -1.17. The van der Waals surface area contributed by atoms with Crippen LogP contribution >= 0.6 is 11.6 Å². The fourth-order valence-corrected chi connectivity index (χ4v) is 2.25. The van der Waals surface area contributed by atoms with Crippen LogP contribution in [-0.4, -0.2) is 29.8 Å². The molecule has 1 fully saturated rings. The van der Waals surface area contributed by atoms with E-state index in [4.69, 9.17) is 16.7 Å². The Bertz CT molecular complexity index is 568. The van der Waals surface area contributed by atoms with Gasteiger partial charge in [0.2, 0.25) is 0 Å². The van der Waals surface area contributed by atoms with Crippen molar-refractivity contribution in [1.82, 2.24) is 0 Å². The van der Waals surface area contributed by atoms with Crippen LogP contribution in [0.3, 0.4) is 0 Å². The number of anilines is 1. The lowest BCUT2D eigenvalue weighted by Gasteiger charge is -2.27. The molecule has 3 nitrogen and oxygen atoms in total. The van der Waals surface area contributed by atoms with Gasteiger partial charge >= 0.3 is 12.1 Å². The van der Waals surface area contributed by atoms with Crippen molar-refractivity contribution < 1.29 is 23.1 Å². The molecule has 0 amide bonds. The summed E-state index contributed by atoms with van der Waals surface area (Å²) in [7, 11) is 0. The van der Waals surface area contributed by atoms with Crippen molar-refractivity contribution in [3.8, 4) is 0 Å². The van der Waals surface area contributed by atoms with Gasteiger partial charge in [0.05, 0.1) is 0 Å². The minimum Gasteiger partial charge on any atom is -0.478 e. The quantitative estimate of drug-likeness (QED) is 0.835. The highest BCUT2D eigenvalue weighted by molar-refractivity contribution is 6.30. The zero-order valence-corrected chi connectivity index (χ0v) is 11.7. The number of nitrogens with zero attached hydrogens (tertiary/aromatic N) is 1. The van der Waals surface area contributed by atoms with E-state index >= 15 is 0 Å². The predicted molar refractivity (Wildman–Crippen MR) is 74.5 cm³/mol. The van der Waals surface area contributed by atoms with Crippen molar-refractivity contribution >= 4 is 29.3 Å². The third-order valence-corrected chi connectivity index (χ3v) is 3.28. The molecule has 1 aromatic carbocycles. The number of rotatable bonds is 5. The molecule has 0 aliphatic heterocycles.